The molecule has 0 spiro atoms. The molecule has 0 aliphatic rings. The summed E-state index contributed by atoms with van der Waals surface area (Å²) in [5.41, 5.74) is 2.92. The van der Waals surface area contributed by atoms with Gasteiger partial charge in [0, 0.05) is 16.3 Å². The maximum atomic E-state index is 12.6. The van der Waals surface area contributed by atoms with Crippen molar-refractivity contribution >= 4 is 61.8 Å². The van der Waals surface area contributed by atoms with Crippen LogP contribution in [0.4, 0.5) is 5.69 Å². The molecule has 0 bridgehead atoms. The number of nitrogens with one attached hydrogen (secondary N) is 1. The molecule has 3 aromatic carbocycles. The number of fused-ring (bicyclic) bond motifs is 1. The summed E-state index contributed by atoms with van der Waals surface area (Å²) >= 11 is 15.6. The second-order valence-electron chi connectivity index (χ2n) is 6.36. The number of rotatable bonds is 5. The van der Waals surface area contributed by atoms with E-state index < -0.39 is 0 Å². The van der Waals surface area contributed by atoms with Crippen molar-refractivity contribution in [2.75, 3.05) is 11.9 Å². The first-order valence-electron chi connectivity index (χ1n) is 9.04. The fraction of sp³-hybridized carbons (Fsp3) is 0.0909. The molecule has 4 aromatic rings. The highest BCUT2D eigenvalue weighted by Gasteiger charge is 2.14. The molecule has 0 aliphatic carbocycles. The molecule has 0 saturated heterocycles. The van der Waals surface area contributed by atoms with Crippen LogP contribution in [0, 0.1) is 0 Å². The molecule has 0 aliphatic heterocycles. The number of ether oxygens (including phenoxy) is 1. The molecule has 1 amide bonds. The lowest BCUT2D eigenvalue weighted by molar-refractivity contribution is 0.102. The smallest absolute Gasteiger partial charge is 0.255 e. The van der Waals surface area contributed by atoms with Crippen molar-refractivity contribution in [2.24, 2.45) is 0 Å². The van der Waals surface area contributed by atoms with E-state index >= 15 is 0 Å². The second kappa shape index (κ2) is 8.68. The van der Waals surface area contributed by atoms with E-state index in [0.717, 1.165) is 0 Å². The monoisotopic (exact) mass is 504 g/mol. The molecular formula is C22H15BrCl2N2O3. The highest BCUT2D eigenvalue weighted by molar-refractivity contribution is 9.10. The predicted molar refractivity (Wildman–Crippen MR) is 123 cm³/mol. The number of hydrogen-bond acceptors (Lipinski definition) is 4. The Kier molecular flexibility index (Phi) is 5.99. The van der Waals surface area contributed by atoms with Crippen LogP contribution in [0.5, 0.6) is 5.75 Å². The van der Waals surface area contributed by atoms with E-state index in [-0.39, 0.29) is 5.91 Å². The minimum absolute atomic E-state index is 0.248. The maximum Gasteiger partial charge on any atom is 0.255 e. The largest absolute Gasteiger partial charge is 0.493 e. The number of carbonyl (C=O) groups excluding carboxylic acids is 1. The number of nitrogens with zero attached hydrogens (tertiary/aromatic N) is 1. The lowest BCUT2D eigenvalue weighted by Gasteiger charge is -2.09. The Hall–Kier alpha value is -2.54. The van der Waals surface area contributed by atoms with E-state index in [2.05, 4.69) is 26.2 Å². The third kappa shape index (κ3) is 4.31. The van der Waals surface area contributed by atoms with Crippen LogP contribution in [0.3, 0.4) is 0 Å². The Labute approximate surface area is 191 Å². The summed E-state index contributed by atoms with van der Waals surface area (Å²) in [6.07, 6.45) is 0. The zero-order valence-corrected chi connectivity index (χ0v) is 18.8. The minimum atomic E-state index is -0.248. The zero-order valence-electron chi connectivity index (χ0n) is 15.7. The van der Waals surface area contributed by atoms with Crippen molar-refractivity contribution in [3.8, 4) is 17.2 Å². The quantitative estimate of drug-likeness (QED) is 0.311. The van der Waals surface area contributed by atoms with Gasteiger partial charge in [0.1, 0.15) is 11.3 Å². The fourth-order valence-corrected chi connectivity index (χ4v) is 3.88. The topological polar surface area (TPSA) is 64.4 Å². The molecule has 1 N–H and O–H groups in total. The van der Waals surface area contributed by atoms with Crippen molar-refractivity contribution < 1.29 is 13.9 Å². The number of benzene rings is 3. The van der Waals surface area contributed by atoms with Gasteiger partial charge in [-0.05, 0) is 77.5 Å². The van der Waals surface area contributed by atoms with E-state index in [1.54, 1.807) is 54.6 Å². The molecule has 0 saturated carbocycles. The Morgan fingerprint density at radius 3 is 2.70 bits per heavy atom. The molecule has 152 valence electrons. The van der Waals surface area contributed by atoms with Crippen LogP contribution in [0.2, 0.25) is 10.0 Å². The summed E-state index contributed by atoms with van der Waals surface area (Å²) in [5, 5.41) is 3.85. The SMILES string of the molecule is CCOc1ccc(C(=O)Nc2ccc3oc(-c4ccc(Cl)cc4Cl)nc3c2)cc1Br. The third-order valence-corrected chi connectivity index (χ3v) is 5.47. The van der Waals surface area contributed by atoms with Crippen LogP contribution < -0.4 is 10.1 Å². The number of halogens is 3. The molecule has 8 heteroatoms. The van der Waals surface area contributed by atoms with Gasteiger partial charge in [-0.2, -0.15) is 0 Å². The molecule has 0 radical (unpaired) electrons. The molecular weight excluding hydrogens is 491 g/mol. The average molecular weight is 506 g/mol. The van der Waals surface area contributed by atoms with Crippen LogP contribution in [0.15, 0.2) is 63.5 Å². The van der Waals surface area contributed by atoms with Gasteiger partial charge < -0.3 is 14.5 Å². The summed E-state index contributed by atoms with van der Waals surface area (Å²) in [7, 11) is 0. The molecule has 30 heavy (non-hydrogen) atoms. The molecule has 5 nitrogen and oxygen atoms in total. The van der Waals surface area contributed by atoms with Gasteiger partial charge in [0.25, 0.3) is 5.91 Å². The number of oxazole rings is 1. The number of carbonyl (C=O) groups is 1. The average Bonchev–Trinajstić information content (AvgIpc) is 3.12. The molecule has 1 aromatic heterocycles. The van der Waals surface area contributed by atoms with Crippen LogP contribution in [-0.2, 0) is 0 Å². The normalized spacial score (nSPS) is 10.9. The zero-order chi connectivity index (χ0) is 21.3. The summed E-state index contributed by atoms with van der Waals surface area (Å²) in [6, 6.07) is 15.5. The first-order chi connectivity index (χ1) is 14.4. The van der Waals surface area contributed by atoms with Crippen LogP contribution in [-0.4, -0.2) is 17.5 Å². The highest BCUT2D eigenvalue weighted by atomic mass is 79.9. The highest BCUT2D eigenvalue weighted by Crippen LogP contribution is 2.33. The number of anilines is 1. The van der Waals surface area contributed by atoms with Gasteiger partial charge in [0.15, 0.2) is 5.58 Å². The Morgan fingerprint density at radius 2 is 1.97 bits per heavy atom. The maximum absolute atomic E-state index is 12.6. The van der Waals surface area contributed by atoms with Crippen molar-refractivity contribution in [1.82, 2.24) is 4.98 Å². The molecule has 0 fully saturated rings. The van der Waals surface area contributed by atoms with Gasteiger partial charge >= 0.3 is 0 Å². The van der Waals surface area contributed by atoms with E-state index in [0.29, 0.717) is 60.7 Å². The Morgan fingerprint density at radius 1 is 1.13 bits per heavy atom. The van der Waals surface area contributed by atoms with Crippen LogP contribution >= 0.6 is 39.1 Å². The van der Waals surface area contributed by atoms with Gasteiger partial charge in [-0.15, -0.1) is 0 Å². The van der Waals surface area contributed by atoms with Gasteiger partial charge in [0.05, 0.1) is 21.7 Å². The van der Waals surface area contributed by atoms with E-state index in [4.69, 9.17) is 32.4 Å². The molecule has 0 atom stereocenters. The standard InChI is InChI=1S/C22H15BrCl2N2O3/c1-2-29-19-7-3-12(9-16(19)23)21(28)26-14-5-8-20-18(11-14)27-22(30-20)15-6-4-13(24)10-17(15)25/h3-11H,2H2,1H3,(H,26,28). The third-order valence-electron chi connectivity index (χ3n) is 4.30. The lowest BCUT2D eigenvalue weighted by Crippen LogP contribution is -2.12. The van der Waals surface area contributed by atoms with Crippen LogP contribution in [0.25, 0.3) is 22.6 Å². The van der Waals surface area contributed by atoms with Crippen LogP contribution in [0.1, 0.15) is 17.3 Å². The van der Waals surface area contributed by atoms with Gasteiger partial charge in [-0.1, -0.05) is 23.2 Å². The van der Waals surface area contributed by atoms with E-state index in [1.165, 1.54) is 0 Å². The van der Waals surface area contributed by atoms with E-state index in [9.17, 15) is 4.79 Å². The summed E-state index contributed by atoms with van der Waals surface area (Å²) in [6.45, 7) is 2.45. The van der Waals surface area contributed by atoms with Crippen molar-refractivity contribution in [2.45, 2.75) is 6.92 Å². The van der Waals surface area contributed by atoms with Crippen molar-refractivity contribution in [1.29, 1.82) is 0 Å². The summed E-state index contributed by atoms with van der Waals surface area (Å²) < 4.78 is 12.0. The van der Waals surface area contributed by atoms with Gasteiger partial charge in [-0.25, -0.2) is 4.98 Å². The molecule has 0 unspecified atom stereocenters. The molecule has 1 heterocycles. The van der Waals surface area contributed by atoms with Crippen molar-refractivity contribution in [3.05, 3.63) is 74.7 Å². The van der Waals surface area contributed by atoms with Gasteiger partial charge in [0.2, 0.25) is 5.89 Å². The van der Waals surface area contributed by atoms with Gasteiger partial charge in [-0.3, -0.25) is 4.79 Å². The Balaban J connectivity index is 1.58. The molecule has 4 rings (SSSR count). The Bertz CT molecular complexity index is 1260. The second-order valence-corrected chi connectivity index (χ2v) is 8.06. The predicted octanol–water partition coefficient (Wildman–Crippen LogP) is 7.22. The number of amides is 1. The number of hydrogen-bond donors (Lipinski definition) is 1. The first-order valence-corrected chi connectivity index (χ1v) is 10.6. The lowest BCUT2D eigenvalue weighted by atomic mass is 10.2. The van der Waals surface area contributed by atoms with Crippen molar-refractivity contribution in [3.63, 3.8) is 0 Å². The number of aromatic nitrogens is 1. The first kappa shape index (κ1) is 20.7. The fourth-order valence-electron chi connectivity index (χ4n) is 2.90. The summed E-state index contributed by atoms with van der Waals surface area (Å²) in [5.74, 6) is 0.819. The van der Waals surface area contributed by atoms with E-state index in [1.807, 2.05) is 6.92 Å². The summed E-state index contributed by atoms with van der Waals surface area (Å²) in [4.78, 5) is 17.1. The minimum Gasteiger partial charge on any atom is -0.493 e.